The second kappa shape index (κ2) is 30.5. The van der Waals surface area contributed by atoms with E-state index in [4.69, 9.17) is 9.47 Å². The lowest BCUT2D eigenvalue weighted by atomic mass is 10.1. The predicted molar refractivity (Wildman–Crippen MR) is 215 cm³/mol. The van der Waals surface area contributed by atoms with Gasteiger partial charge in [-0.2, -0.15) is 0 Å². The minimum Gasteiger partial charge on any atom is -0.464 e. The Morgan fingerprint density at radius 3 is 1.17 bits per heavy atom. The Morgan fingerprint density at radius 1 is 0.481 bits per heavy atom. The summed E-state index contributed by atoms with van der Waals surface area (Å²) in [4.78, 5) is 51.8. The molecule has 0 spiro atoms. The molecule has 2 aromatic rings. The Balaban J connectivity index is 1.66. The van der Waals surface area contributed by atoms with Crippen LogP contribution in [0.25, 0.3) is 0 Å². The number of carbonyl (C=O) groups is 4. The minimum atomic E-state index is -0.253. The van der Waals surface area contributed by atoms with E-state index >= 15 is 0 Å². The largest absolute Gasteiger partial charge is 0.464 e. The van der Waals surface area contributed by atoms with Gasteiger partial charge in [-0.1, -0.05) is 162 Å². The maximum absolute atomic E-state index is 13.0. The molecule has 0 atom stereocenters. The number of carbonyl (C=O) groups excluding carboxylic acids is 4. The van der Waals surface area contributed by atoms with E-state index in [2.05, 4.69) is 24.5 Å². The van der Waals surface area contributed by atoms with Crippen molar-refractivity contribution in [2.45, 2.75) is 152 Å². The molecule has 290 valence electrons. The van der Waals surface area contributed by atoms with Crippen LogP contribution in [-0.4, -0.2) is 50.1 Å². The minimum absolute atomic E-state index is 0.132. The van der Waals surface area contributed by atoms with Crippen LogP contribution in [0.1, 0.15) is 163 Å². The molecule has 0 heterocycles. The Morgan fingerprint density at radius 2 is 0.808 bits per heavy atom. The van der Waals surface area contributed by atoms with Crippen LogP contribution in [0.15, 0.2) is 58.3 Å². The van der Waals surface area contributed by atoms with E-state index in [9.17, 15) is 19.2 Å². The van der Waals surface area contributed by atoms with Crippen LogP contribution >= 0.6 is 21.6 Å². The lowest BCUT2D eigenvalue weighted by Gasteiger charge is -2.12. The van der Waals surface area contributed by atoms with Crippen molar-refractivity contribution < 1.29 is 28.7 Å². The molecule has 0 saturated heterocycles. The molecule has 2 rings (SSSR count). The normalized spacial score (nSPS) is 10.9. The summed E-state index contributed by atoms with van der Waals surface area (Å²) < 4.78 is 10.7. The molecular formula is C42H64N2O6S2. The summed E-state index contributed by atoms with van der Waals surface area (Å²) in [6.07, 6.45) is 22.3. The van der Waals surface area contributed by atoms with Crippen molar-refractivity contribution in [3.05, 3.63) is 59.7 Å². The van der Waals surface area contributed by atoms with Gasteiger partial charge in [0.1, 0.15) is 13.2 Å². The highest BCUT2D eigenvalue weighted by Crippen LogP contribution is 2.40. The first-order valence-electron chi connectivity index (χ1n) is 19.9. The van der Waals surface area contributed by atoms with Crippen LogP contribution in [0.4, 0.5) is 0 Å². The lowest BCUT2D eigenvalue weighted by Crippen LogP contribution is -2.28. The zero-order chi connectivity index (χ0) is 37.5. The van der Waals surface area contributed by atoms with E-state index in [1.165, 1.54) is 98.6 Å². The summed E-state index contributed by atoms with van der Waals surface area (Å²) in [5, 5.41) is 5.70. The predicted octanol–water partition coefficient (Wildman–Crippen LogP) is 10.9. The van der Waals surface area contributed by atoms with Crippen molar-refractivity contribution in [2.24, 2.45) is 0 Å². The van der Waals surface area contributed by atoms with Crippen LogP contribution in [0.3, 0.4) is 0 Å². The van der Waals surface area contributed by atoms with Crippen molar-refractivity contribution in [2.75, 3.05) is 26.3 Å². The van der Waals surface area contributed by atoms with Crippen LogP contribution in [0.5, 0.6) is 0 Å². The molecule has 0 aliphatic rings. The maximum atomic E-state index is 13.0. The number of benzene rings is 2. The summed E-state index contributed by atoms with van der Waals surface area (Å²) in [5.41, 5.74) is 1.01. The van der Waals surface area contributed by atoms with Gasteiger partial charge in [0.25, 0.3) is 11.8 Å². The van der Waals surface area contributed by atoms with Gasteiger partial charge in [0, 0.05) is 22.6 Å². The van der Waals surface area contributed by atoms with Gasteiger partial charge >= 0.3 is 11.9 Å². The fraction of sp³-hybridized carbons (Fsp3) is 0.619. The van der Waals surface area contributed by atoms with E-state index in [-0.39, 0.29) is 50.1 Å². The SMILES string of the molecule is CCCCCCCCCCCC(=O)OCCNC(=O)c1ccccc1SSc1ccccc1C(=O)NCCOC(=O)CCCCCCCCCCC. The topological polar surface area (TPSA) is 111 Å². The highest BCUT2D eigenvalue weighted by molar-refractivity contribution is 8.76. The van der Waals surface area contributed by atoms with Crippen LogP contribution in [-0.2, 0) is 19.1 Å². The highest BCUT2D eigenvalue weighted by atomic mass is 33.1. The summed E-state index contributed by atoms with van der Waals surface area (Å²) in [5.74, 6) is -0.954. The number of hydrogen-bond donors (Lipinski definition) is 2. The Kier molecular flexibility index (Phi) is 26.5. The molecule has 0 aromatic heterocycles. The number of nitrogens with one attached hydrogen (secondary N) is 2. The van der Waals surface area contributed by atoms with Gasteiger partial charge in [-0.25, -0.2) is 0 Å². The molecular weight excluding hydrogens is 693 g/mol. The molecule has 0 radical (unpaired) electrons. The van der Waals surface area contributed by atoms with Crippen LogP contribution in [0.2, 0.25) is 0 Å². The molecule has 52 heavy (non-hydrogen) atoms. The first kappa shape index (κ1) is 45.2. The van der Waals surface area contributed by atoms with Crippen molar-refractivity contribution in [1.29, 1.82) is 0 Å². The average Bonchev–Trinajstić information content (AvgIpc) is 3.16. The molecule has 10 heteroatoms. The lowest BCUT2D eigenvalue weighted by molar-refractivity contribution is -0.144. The molecule has 0 saturated carbocycles. The molecule has 0 bridgehead atoms. The fourth-order valence-corrected chi connectivity index (χ4v) is 8.06. The highest BCUT2D eigenvalue weighted by Gasteiger charge is 2.16. The molecule has 2 N–H and O–H groups in total. The Bertz CT molecular complexity index is 1190. The zero-order valence-electron chi connectivity index (χ0n) is 31.9. The average molecular weight is 757 g/mol. The van der Waals surface area contributed by atoms with E-state index in [1.54, 1.807) is 24.3 Å². The third-order valence-corrected chi connectivity index (χ3v) is 11.2. The fourth-order valence-electron chi connectivity index (χ4n) is 5.70. The van der Waals surface area contributed by atoms with Crippen molar-refractivity contribution >= 4 is 45.3 Å². The van der Waals surface area contributed by atoms with Gasteiger partial charge in [-0.3, -0.25) is 19.2 Å². The summed E-state index contributed by atoms with van der Waals surface area (Å²) in [6, 6.07) is 14.6. The molecule has 2 aromatic carbocycles. The first-order valence-corrected chi connectivity index (χ1v) is 22.0. The summed E-state index contributed by atoms with van der Waals surface area (Å²) in [6.45, 7) is 5.17. The van der Waals surface area contributed by atoms with Gasteiger partial charge in [-0.15, -0.1) is 0 Å². The molecule has 0 aliphatic heterocycles. The second-order valence-corrected chi connectivity index (χ2v) is 15.5. The van der Waals surface area contributed by atoms with Gasteiger partial charge in [0.05, 0.1) is 24.2 Å². The van der Waals surface area contributed by atoms with Gasteiger partial charge in [-0.05, 0) is 37.1 Å². The zero-order valence-corrected chi connectivity index (χ0v) is 33.5. The van der Waals surface area contributed by atoms with E-state index in [1.807, 2.05) is 24.3 Å². The van der Waals surface area contributed by atoms with Crippen molar-refractivity contribution in [3.8, 4) is 0 Å². The number of ether oxygens (including phenoxy) is 2. The molecule has 0 fully saturated rings. The Hall–Kier alpha value is -2.98. The molecule has 8 nitrogen and oxygen atoms in total. The van der Waals surface area contributed by atoms with Gasteiger partial charge < -0.3 is 20.1 Å². The Labute approximate surface area is 321 Å². The first-order chi connectivity index (χ1) is 25.5. The number of unbranched alkanes of at least 4 members (excludes halogenated alkanes) is 16. The molecule has 0 unspecified atom stereocenters. The second-order valence-electron chi connectivity index (χ2n) is 13.3. The molecule has 2 amide bonds. The van der Waals surface area contributed by atoms with Crippen molar-refractivity contribution in [1.82, 2.24) is 10.6 Å². The van der Waals surface area contributed by atoms with E-state index in [0.717, 1.165) is 48.3 Å². The monoisotopic (exact) mass is 756 g/mol. The third kappa shape index (κ3) is 21.5. The van der Waals surface area contributed by atoms with Gasteiger partial charge in [0.2, 0.25) is 0 Å². The maximum Gasteiger partial charge on any atom is 0.305 e. The summed E-state index contributed by atoms with van der Waals surface area (Å²) >= 11 is 0. The number of esters is 2. The van der Waals surface area contributed by atoms with Crippen LogP contribution < -0.4 is 10.6 Å². The summed E-state index contributed by atoms with van der Waals surface area (Å²) in [7, 11) is 2.79. The van der Waals surface area contributed by atoms with E-state index < -0.39 is 0 Å². The number of rotatable bonds is 31. The smallest absolute Gasteiger partial charge is 0.305 e. The molecule has 0 aliphatic carbocycles. The number of hydrogen-bond acceptors (Lipinski definition) is 8. The third-order valence-electron chi connectivity index (χ3n) is 8.75. The van der Waals surface area contributed by atoms with Crippen LogP contribution in [0, 0.1) is 0 Å². The van der Waals surface area contributed by atoms with E-state index in [0.29, 0.717) is 24.0 Å². The number of amides is 2. The van der Waals surface area contributed by atoms with Crippen molar-refractivity contribution in [3.63, 3.8) is 0 Å². The quantitative estimate of drug-likeness (QED) is 0.0444. The standard InChI is InChI=1S/C42H64N2O6S2/c1-3-5-7-9-11-13-15-17-19-29-39(45)49-33-31-43-41(47)35-25-21-23-27-37(35)51-52-38-28-24-22-26-36(38)42(48)44-32-34-50-40(46)30-20-18-16-14-12-10-8-6-4-2/h21-28H,3-20,29-34H2,1-2H3,(H,43,47)(H,44,48). The van der Waals surface area contributed by atoms with Gasteiger partial charge in [0.15, 0.2) is 0 Å².